The number of carbonyl (C=O) groups is 1. The molecule has 1 unspecified atom stereocenters. The van der Waals surface area contributed by atoms with Crippen LogP contribution in [0.1, 0.15) is 26.7 Å². The zero-order valence-electron chi connectivity index (χ0n) is 7.52. The third kappa shape index (κ3) is 5.70. The van der Waals surface area contributed by atoms with Crippen LogP contribution in [0, 0.1) is 5.92 Å². The predicted molar refractivity (Wildman–Crippen MR) is 44.5 cm³/mol. The molecule has 0 bridgehead atoms. The van der Waals surface area contributed by atoms with Gasteiger partial charge in [-0.3, -0.25) is 0 Å². The molecule has 0 rings (SSSR count). The summed E-state index contributed by atoms with van der Waals surface area (Å²) in [5, 5.41) is 2.66. The third-order valence-electron chi connectivity index (χ3n) is 1.56. The Hall–Kier alpha value is -0.730. The van der Waals surface area contributed by atoms with E-state index in [4.69, 9.17) is 0 Å². The second-order valence-electron chi connectivity index (χ2n) is 2.77. The Morgan fingerprint density at radius 3 is 2.73 bits per heavy atom. The van der Waals surface area contributed by atoms with Gasteiger partial charge in [0.25, 0.3) is 0 Å². The van der Waals surface area contributed by atoms with E-state index in [0.29, 0.717) is 12.5 Å². The summed E-state index contributed by atoms with van der Waals surface area (Å²) < 4.78 is 4.43. The highest BCUT2D eigenvalue weighted by molar-refractivity contribution is 5.66. The Morgan fingerprint density at radius 2 is 2.27 bits per heavy atom. The normalized spacial score (nSPS) is 12.3. The summed E-state index contributed by atoms with van der Waals surface area (Å²) in [6.07, 6.45) is 1.96. The molecular weight excluding hydrogens is 142 g/mol. The molecule has 0 spiro atoms. The average Bonchev–Trinajstić information content (AvgIpc) is 2.01. The zero-order chi connectivity index (χ0) is 8.69. The Bertz CT molecular complexity index is 115. The fraction of sp³-hybridized carbons (Fsp3) is 0.875. The summed E-state index contributed by atoms with van der Waals surface area (Å²) in [6.45, 7) is 4.95. The standard InChI is InChI=1S/C8H17NO2/c1-4-5-7(2)6-9-8(10)11-3/h7H,4-6H2,1-3H3,(H,9,10). The van der Waals surface area contributed by atoms with E-state index in [1.165, 1.54) is 7.11 Å². The van der Waals surface area contributed by atoms with Gasteiger partial charge in [0.15, 0.2) is 0 Å². The summed E-state index contributed by atoms with van der Waals surface area (Å²) in [5.41, 5.74) is 0. The van der Waals surface area contributed by atoms with E-state index < -0.39 is 0 Å². The molecule has 1 amide bonds. The Morgan fingerprint density at radius 1 is 1.64 bits per heavy atom. The van der Waals surface area contributed by atoms with Gasteiger partial charge in [0.2, 0.25) is 0 Å². The van der Waals surface area contributed by atoms with Crippen LogP contribution in [0.25, 0.3) is 0 Å². The molecule has 3 nitrogen and oxygen atoms in total. The van der Waals surface area contributed by atoms with Crippen LogP contribution in [0.3, 0.4) is 0 Å². The third-order valence-corrected chi connectivity index (χ3v) is 1.56. The molecule has 0 aliphatic heterocycles. The number of alkyl carbamates (subject to hydrolysis) is 1. The minimum absolute atomic E-state index is 0.340. The van der Waals surface area contributed by atoms with Crippen molar-refractivity contribution >= 4 is 6.09 Å². The van der Waals surface area contributed by atoms with Crippen LogP contribution in [-0.4, -0.2) is 19.7 Å². The molecule has 0 saturated heterocycles. The first kappa shape index (κ1) is 10.3. The lowest BCUT2D eigenvalue weighted by Crippen LogP contribution is -2.27. The summed E-state index contributed by atoms with van der Waals surface area (Å²) in [7, 11) is 1.37. The lowest BCUT2D eigenvalue weighted by atomic mass is 10.1. The number of carbonyl (C=O) groups excluding carboxylic acids is 1. The predicted octanol–water partition coefficient (Wildman–Crippen LogP) is 1.78. The lowest BCUT2D eigenvalue weighted by molar-refractivity contribution is 0.169. The van der Waals surface area contributed by atoms with Crippen molar-refractivity contribution in [2.75, 3.05) is 13.7 Å². The van der Waals surface area contributed by atoms with Crippen molar-refractivity contribution in [1.82, 2.24) is 5.32 Å². The fourth-order valence-electron chi connectivity index (χ4n) is 0.925. The van der Waals surface area contributed by atoms with Crippen LogP contribution in [0.2, 0.25) is 0 Å². The van der Waals surface area contributed by atoms with Gasteiger partial charge < -0.3 is 10.1 Å². The molecule has 0 saturated carbocycles. The number of methoxy groups -OCH3 is 1. The van der Waals surface area contributed by atoms with Gasteiger partial charge in [0.1, 0.15) is 0 Å². The van der Waals surface area contributed by atoms with Crippen molar-refractivity contribution in [2.24, 2.45) is 5.92 Å². The molecule has 0 heterocycles. The first-order chi connectivity index (χ1) is 5.20. The maximum Gasteiger partial charge on any atom is 0.406 e. The molecule has 1 atom stereocenters. The molecule has 0 aromatic heterocycles. The number of rotatable bonds is 4. The first-order valence-corrected chi connectivity index (χ1v) is 4.02. The van der Waals surface area contributed by atoms with E-state index in [1.807, 2.05) is 0 Å². The van der Waals surface area contributed by atoms with Crippen molar-refractivity contribution in [3.05, 3.63) is 0 Å². The largest absolute Gasteiger partial charge is 0.453 e. The molecule has 66 valence electrons. The molecule has 1 N–H and O–H groups in total. The van der Waals surface area contributed by atoms with Gasteiger partial charge in [0.05, 0.1) is 7.11 Å². The van der Waals surface area contributed by atoms with E-state index in [-0.39, 0.29) is 6.09 Å². The van der Waals surface area contributed by atoms with Gasteiger partial charge in [-0.15, -0.1) is 0 Å². The molecule has 0 aliphatic carbocycles. The van der Waals surface area contributed by atoms with Crippen LogP contribution in [-0.2, 0) is 4.74 Å². The van der Waals surface area contributed by atoms with Crippen molar-refractivity contribution in [1.29, 1.82) is 0 Å². The summed E-state index contributed by atoms with van der Waals surface area (Å²) in [5.74, 6) is 0.541. The van der Waals surface area contributed by atoms with Crippen molar-refractivity contribution in [2.45, 2.75) is 26.7 Å². The topological polar surface area (TPSA) is 38.3 Å². The summed E-state index contributed by atoms with van der Waals surface area (Å²) in [4.78, 5) is 10.6. The smallest absolute Gasteiger partial charge is 0.406 e. The maximum absolute atomic E-state index is 10.6. The van der Waals surface area contributed by atoms with Gasteiger partial charge >= 0.3 is 6.09 Å². The maximum atomic E-state index is 10.6. The number of amides is 1. The van der Waals surface area contributed by atoms with E-state index in [0.717, 1.165) is 12.8 Å². The number of nitrogens with one attached hydrogen (secondary N) is 1. The molecule has 0 aromatic rings. The Kier molecular flexibility index (Phi) is 5.61. The highest BCUT2D eigenvalue weighted by Crippen LogP contribution is 2.02. The van der Waals surface area contributed by atoms with E-state index in [1.54, 1.807) is 0 Å². The monoisotopic (exact) mass is 159 g/mol. The SMILES string of the molecule is CCCC(C)CNC(=O)OC. The molecule has 0 aromatic carbocycles. The van der Waals surface area contributed by atoms with Crippen LogP contribution in [0.15, 0.2) is 0 Å². The highest BCUT2D eigenvalue weighted by Gasteiger charge is 2.02. The van der Waals surface area contributed by atoms with Crippen LogP contribution >= 0.6 is 0 Å². The van der Waals surface area contributed by atoms with Gasteiger partial charge in [0, 0.05) is 6.54 Å². The second-order valence-corrected chi connectivity index (χ2v) is 2.77. The number of hydrogen-bond donors (Lipinski definition) is 1. The lowest BCUT2D eigenvalue weighted by Gasteiger charge is -2.09. The fourth-order valence-corrected chi connectivity index (χ4v) is 0.925. The van der Waals surface area contributed by atoms with Gasteiger partial charge in [-0.25, -0.2) is 4.79 Å². The minimum Gasteiger partial charge on any atom is -0.453 e. The number of hydrogen-bond acceptors (Lipinski definition) is 2. The van der Waals surface area contributed by atoms with E-state index >= 15 is 0 Å². The first-order valence-electron chi connectivity index (χ1n) is 4.02. The molecule has 0 radical (unpaired) electrons. The van der Waals surface area contributed by atoms with Gasteiger partial charge in [-0.05, 0) is 12.3 Å². The summed E-state index contributed by atoms with van der Waals surface area (Å²) >= 11 is 0. The van der Waals surface area contributed by atoms with Crippen LogP contribution in [0.4, 0.5) is 4.79 Å². The average molecular weight is 159 g/mol. The van der Waals surface area contributed by atoms with Crippen LogP contribution < -0.4 is 5.32 Å². The molecule has 11 heavy (non-hydrogen) atoms. The van der Waals surface area contributed by atoms with Gasteiger partial charge in [-0.1, -0.05) is 20.3 Å². The Labute approximate surface area is 68.1 Å². The molecule has 0 aliphatic rings. The zero-order valence-corrected chi connectivity index (χ0v) is 7.52. The van der Waals surface area contributed by atoms with E-state index in [9.17, 15) is 4.79 Å². The van der Waals surface area contributed by atoms with E-state index in [2.05, 4.69) is 23.9 Å². The van der Waals surface area contributed by atoms with Crippen molar-refractivity contribution in [3.8, 4) is 0 Å². The minimum atomic E-state index is -0.340. The van der Waals surface area contributed by atoms with Crippen molar-refractivity contribution < 1.29 is 9.53 Å². The second kappa shape index (κ2) is 6.01. The molecule has 3 heteroatoms. The Balaban J connectivity index is 3.29. The highest BCUT2D eigenvalue weighted by atomic mass is 16.5. The summed E-state index contributed by atoms with van der Waals surface area (Å²) in [6, 6.07) is 0. The van der Waals surface area contributed by atoms with Crippen LogP contribution in [0.5, 0.6) is 0 Å². The number of ether oxygens (including phenoxy) is 1. The molecular formula is C8H17NO2. The van der Waals surface area contributed by atoms with Crippen molar-refractivity contribution in [3.63, 3.8) is 0 Å². The van der Waals surface area contributed by atoms with Gasteiger partial charge in [-0.2, -0.15) is 0 Å². The molecule has 0 fully saturated rings. The quantitative estimate of drug-likeness (QED) is 0.679.